The van der Waals surface area contributed by atoms with Crippen LogP contribution in [0.5, 0.6) is 11.5 Å². The van der Waals surface area contributed by atoms with Gasteiger partial charge < -0.3 is 14.0 Å². The molecule has 0 bridgehead atoms. The van der Waals surface area contributed by atoms with E-state index in [1.165, 1.54) is 6.20 Å². The van der Waals surface area contributed by atoms with Crippen LogP contribution in [0, 0.1) is 6.92 Å². The van der Waals surface area contributed by atoms with Crippen LogP contribution in [0.2, 0.25) is 0 Å². The van der Waals surface area contributed by atoms with E-state index in [0.717, 1.165) is 11.1 Å². The molecular weight excluding hydrogens is 378 g/mol. The molecule has 0 unspecified atom stereocenters. The number of hydrogen-bond acceptors (Lipinski definition) is 5. The van der Waals surface area contributed by atoms with E-state index < -0.39 is 10.0 Å². The number of aryl methyl sites for hydroxylation is 2. The first-order valence-electron chi connectivity index (χ1n) is 8.72. The van der Waals surface area contributed by atoms with Crippen LogP contribution in [-0.4, -0.2) is 25.1 Å². The normalized spacial score (nSPS) is 11.4. The third-order valence-electron chi connectivity index (χ3n) is 4.29. The molecule has 0 aliphatic carbocycles. The monoisotopic (exact) mass is 401 g/mol. The second-order valence-electron chi connectivity index (χ2n) is 6.32. The molecule has 28 heavy (non-hydrogen) atoms. The van der Waals surface area contributed by atoms with E-state index in [2.05, 4.69) is 9.71 Å². The molecule has 0 aliphatic rings. The maximum absolute atomic E-state index is 12.4. The highest BCUT2D eigenvalue weighted by atomic mass is 32.2. The molecular formula is C20H23N3O4S. The Kier molecular flexibility index (Phi) is 6.01. The highest BCUT2D eigenvalue weighted by molar-refractivity contribution is 7.89. The SMILES string of the molecule is COc1cc(CNS(=O)(=O)c2cn(C)c(C)n2)ccc1OCc1ccccc1. The van der Waals surface area contributed by atoms with E-state index >= 15 is 0 Å². The Morgan fingerprint density at radius 2 is 1.82 bits per heavy atom. The summed E-state index contributed by atoms with van der Waals surface area (Å²) in [7, 11) is -0.389. The van der Waals surface area contributed by atoms with Gasteiger partial charge in [-0.3, -0.25) is 0 Å². The summed E-state index contributed by atoms with van der Waals surface area (Å²) in [6, 6.07) is 15.1. The summed E-state index contributed by atoms with van der Waals surface area (Å²) in [6.45, 7) is 2.29. The number of imidazole rings is 1. The van der Waals surface area contributed by atoms with Crippen molar-refractivity contribution in [1.82, 2.24) is 14.3 Å². The summed E-state index contributed by atoms with van der Waals surface area (Å²) < 4.78 is 40.3. The minimum Gasteiger partial charge on any atom is -0.493 e. The number of methoxy groups -OCH3 is 1. The van der Waals surface area contributed by atoms with Gasteiger partial charge in [0.2, 0.25) is 0 Å². The van der Waals surface area contributed by atoms with E-state index in [4.69, 9.17) is 9.47 Å². The first-order valence-corrected chi connectivity index (χ1v) is 10.2. The van der Waals surface area contributed by atoms with E-state index in [1.54, 1.807) is 43.8 Å². The molecule has 1 N–H and O–H groups in total. The van der Waals surface area contributed by atoms with Crippen molar-refractivity contribution in [3.8, 4) is 11.5 Å². The Labute approximate surface area is 165 Å². The fourth-order valence-electron chi connectivity index (χ4n) is 2.58. The maximum atomic E-state index is 12.4. The van der Waals surface area contributed by atoms with Crippen molar-refractivity contribution in [2.24, 2.45) is 7.05 Å². The predicted molar refractivity (Wildman–Crippen MR) is 106 cm³/mol. The summed E-state index contributed by atoms with van der Waals surface area (Å²) in [5.74, 6) is 1.77. The molecule has 2 aromatic carbocycles. The molecule has 0 radical (unpaired) electrons. The van der Waals surface area contributed by atoms with E-state index in [1.807, 2.05) is 30.3 Å². The molecule has 0 atom stereocenters. The van der Waals surface area contributed by atoms with Crippen molar-refractivity contribution >= 4 is 10.0 Å². The van der Waals surface area contributed by atoms with Gasteiger partial charge in [0.05, 0.1) is 7.11 Å². The number of nitrogens with one attached hydrogen (secondary N) is 1. The lowest BCUT2D eigenvalue weighted by Gasteiger charge is -2.12. The van der Waals surface area contributed by atoms with Crippen LogP contribution >= 0.6 is 0 Å². The molecule has 0 fully saturated rings. The molecule has 148 valence electrons. The van der Waals surface area contributed by atoms with Crippen LogP contribution in [0.3, 0.4) is 0 Å². The third kappa shape index (κ3) is 4.71. The second-order valence-corrected chi connectivity index (χ2v) is 8.04. The average molecular weight is 401 g/mol. The van der Waals surface area contributed by atoms with Crippen LogP contribution in [0.15, 0.2) is 59.8 Å². The molecule has 7 nitrogen and oxygen atoms in total. The molecule has 0 amide bonds. The van der Waals surface area contributed by atoms with Crippen molar-refractivity contribution in [3.63, 3.8) is 0 Å². The van der Waals surface area contributed by atoms with Crippen molar-refractivity contribution < 1.29 is 17.9 Å². The number of hydrogen-bond donors (Lipinski definition) is 1. The van der Waals surface area contributed by atoms with Gasteiger partial charge in [-0.15, -0.1) is 0 Å². The predicted octanol–water partition coefficient (Wildman–Crippen LogP) is 2.79. The average Bonchev–Trinajstić information content (AvgIpc) is 3.05. The van der Waals surface area contributed by atoms with Crippen LogP contribution in [0.1, 0.15) is 17.0 Å². The highest BCUT2D eigenvalue weighted by Gasteiger charge is 2.18. The van der Waals surface area contributed by atoms with Gasteiger partial charge >= 0.3 is 0 Å². The first kappa shape index (κ1) is 19.9. The summed E-state index contributed by atoms with van der Waals surface area (Å²) in [6.07, 6.45) is 1.48. The quantitative estimate of drug-likeness (QED) is 0.628. The Bertz CT molecular complexity index is 1030. The van der Waals surface area contributed by atoms with Crippen LogP contribution < -0.4 is 14.2 Å². The van der Waals surface area contributed by atoms with Gasteiger partial charge in [-0.1, -0.05) is 36.4 Å². The summed E-state index contributed by atoms with van der Waals surface area (Å²) >= 11 is 0. The fourth-order valence-corrected chi connectivity index (χ4v) is 3.64. The van der Waals surface area contributed by atoms with Crippen molar-refractivity contribution in [1.29, 1.82) is 0 Å². The van der Waals surface area contributed by atoms with E-state index in [9.17, 15) is 8.42 Å². The summed E-state index contributed by atoms with van der Waals surface area (Å²) in [4.78, 5) is 4.06. The number of ether oxygens (including phenoxy) is 2. The summed E-state index contributed by atoms with van der Waals surface area (Å²) in [5.41, 5.74) is 1.80. The van der Waals surface area contributed by atoms with Crippen LogP contribution in [-0.2, 0) is 30.2 Å². The van der Waals surface area contributed by atoms with Crippen molar-refractivity contribution in [2.75, 3.05) is 7.11 Å². The Hall–Kier alpha value is -2.84. The molecule has 3 aromatic rings. The number of sulfonamides is 1. The minimum atomic E-state index is -3.69. The van der Waals surface area contributed by atoms with Crippen molar-refractivity contribution in [2.45, 2.75) is 25.1 Å². The lowest BCUT2D eigenvalue weighted by Crippen LogP contribution is -2.23. The zero-order chi connectivity index (χ0) is 20.1. The van der Waals surface area contributed by atoms with Crippen LogP contribution in [0.25, 0.3) is 0 Å². The van der Waals surface area contributed by atoms with Gasteiger partial charge in [0.25, 0.3) is 10.0 Å². The summed E-state index contributed by atoms with van der Waals surface area (Å²) in [5, 5.41) is 0.00211. The molecule has 3 rings (SSSR count). The van der Waals surface area contributed by atoms with Crippen LogP contribution in [0.4, 0.5) is 0 Å². The fraction of sp³-hybridized carbons (Fsp3) is 0.250. The maximum Gasteiger partial charge on any atom is 0.259 e. The molecule has 0 spiro atoms. The molecule has 8 heteroatoms. The highest BCUT2D eigenvalue weighted by Crippen LogP contribution is 2.29. The Morgan fingerprint density at radius 1 is 1.07 bits per heavy atom. The molecule has 0 saturated carbocycles. The number of rotatable bonds is 8. The molecule has 0 saturated heterocycles. The number of nitrogens with zero attached hydrogens (tertiary/aromatic N) is 2. The van der Waals surface area contributed by atoms with Gasteiger partial charge in [0.1, 0.15) is 12.4 Å². The molecule has 1 heterocycles. The zero-order valence-corrected chi connectivity index (χ0v) is 16.9. The molecule has 1 aromatic heterocycles. The minimum absolute atomic E-state index is 0.00211. The lowest BCUT2D eigenvalue weighted by atomic mass is 10.2. The first-order chi connectivity index (χ1) is 13.4. The molecule has 0 aliphatic heterocycles. The van der Waals surface area contributed by atoms with Gasteiger partial charge in [-0.2, -0.15) is 0 Å². The smallest absolute Gasteiger partial charge is 0.259 e. The number of benzene rings is 2. The van der Waals surface area contributed by atoms with E-state index in [-0.39, 0.29) is 11.6 Å². The lowest BCUT2D eigenvalue weighted by molar-refractivity contribution is 0.284. The standard InChI is InChI=1S/C20H23N3O4S/c1-15-22-20(13-23(15)2)28(24,25)21-12-17-9-10-18(19(11-17)26-3)27-14-16-7-5-4-6-8-16/h4-11,13,21H,12,14H2,1-3H3. The Balaban J connectivity index is 1.68. The van der Waals surface area contributed by atoms with Gasteiger partial charge in [0.15, 0.2) is 16.5 Å². The Morgan fingerprint density at radius 3 is 2.46 bits per heavy atom. The zero-order valence-electron chi connectivity index (χ0n) is 16.0. The number of aromatic nitrogens is 2. The van der Waals surface area contributed by atoms with Gasteiger partial charge in [-0.25, -0.2) is 18.1 Å². The van der Waals surface area contributed by atoms with Gasteiger partial charge in [0, 0.05) is 19.8 Å². The third-order valence-corrected chi connectivity index (χ3v) is 5.57. The van der Waals surface area contributed by atoms with Gasteiger partial charge in [-0.05, 0) is 30.2 Å². The topological polar surface area (TPSA) is 82.5 Å². The van der Waals surface area contributed by atoms with E-state index in [0.29, 0.717) is 23.9 Å². The van der Waals surface area contributed by atoms with Crippen molar-refractivity contribution in [3.05, 3.63) is 71.7 Å². The second kappa shape index (κ2) is 8.45. The largest absolute Gasteiger partial charge is 0.493 e.